The number of carbonyl (C=O) groups is 2. The molecule has 6 nitrogen and oxygen atoms in total. The van der Waals surface area contributed by atoms with Gasteiger partial charge in [-0.05, 0) is 24.6 Å². The number of amides is 1. The van der Waals surface area contributed by atoms with Crippen molar-refractivity contribution in [2.24, 2.45) is 0 Å². The zero-order valence-corrected chi connectivity index (χ0v) is 13.1. The molecule has 0 saturated heterocycles. The van der Waals surface area contributed by atoms with Gasteiger partial charge in [-0.15, -0.1) is 0 Å². The summed E-state index contributed by atoms with van der Waals surface area (Å²) in [6.07, 6.45) is 0.408. The van der Waals surface area contributed by atoms with Crippen LogP contribution in [0.25, 0.3) is 0 Å². The molecule has 0 fully saturated rings. The number of aromatic carboxylic acids is 1. The van der Waals surface area contributed by atoms with Crippen LogP contribution in [0, 0.1) is 0 Å². The van der Waals surface area contributed by atoms with Crippen molar-refractivity contribution in [3.63, 3.8) is 0 Å². The van der Waals surface area contributed by atoms with Crippen LogP contribution in [-0.4, -0.2) is 23.6 Å². The SMILES string of the molecule is CCOc1cccc(CNC(=O)c2cc(C(=O)O)c(CC)o2)c1. The summed E-state index contributed by atoms with van der Waals surface area (Å²) in [5.41, 5.74) is 0.904. The predicted octanol–water partition coefficient (Wildman–Crippen LogP) is 2.87. The highest BCUT2D eigenvalue weighted by Crippen LogP contribution is 2.17. The van der Waals surface area contributed by atoms with Crippen molar-refractivity contribution in [2.45, 2.75) is 26.8 Å². The Morgan fingerprint density at radius 3 is 2.65 bits per heavy atom. The van der Waals surface area contributed by atoms with Crippen molar-refractivity contribution >= 4 is 11.9 Å². The van der Waals surface area contributed by atoms with Gasteiger partial charge >= 0.3 is 5.97 Å². The molecule has 122 valence electrons. The van der Waals surface area contributed by atoms with E-state index in [4.69, 9.17) is 14.3 Å². The van der Waals surface area contributed by atoms with Gasteiger partial charge in [0.2, 0.25) is 0 Å². The van der Waals surface area contributed by atoms with Gasteiger partial charge in [0.15, 0.2) is 5.76 Å². The zero-order valence-electron chi connectivity index (χ0n) is 13.1. The number of carboxylic acid groups (broad SMARTS) is 1. The van der Waals surface area contributed by atoms with E-state index >= 15 is 0 Å². The summed E-state index contributed by atoms with van der Waals surface area (Å²) in [5, 5.41) is 11.8. The highest BCUT2D eigenvalue weighted by atomic mass is 16.5. The van der Waals surface area contributed by atoms with E-state index in [1.54, 1.807) is 6.92 Å². The number of benzene rings is 1. The van der Waals surface area contributed by atoms with Crippen molar-refractivity contribution in [2.75, 3.05) is 6.61 Å². The third-order valence-corrected chi connectivity index (χ3v) is 3.25. The molecule has 1 amide bonds. The molecule has 1 aromatic heterocycles. The first kappa shape index (κ1) is 16.6. The lowest BCUT2D eigenvalue weighted by Gasteiger charge is -2.07. The van der Waals surface area contributed by atoms with E-state index in [2.05, 4.69) is 5.32 Å². The molecule has 1 heterocycles. The van der Waals surface area contributed by atoms with Gasteiger partial charge in [-0.25, -0.2) is 4.79 Å². The molecule has 0 aliphatic heterocycles. The van der Waals surface area contributed by atoms with E-state index in [1.165, 1.54) is 6.07 Å². The Morgan fingerprint density at radius 1 is 1.26 bits per heavy atom. The normalized spacial score (nSPS) is 10.3. The molecule has 23 heavy (non-hydrogen) atoms. The minimum atomic E-state index is -1.10. The third kappa shape index (κ3) is 4.12. The fourth-order valence-corrected chi connectivity index (χ4v) is 2.17. The molecular weight excluding hydrogens is 298 g/mol. The predicted molar refractivity (Wildman–Crippen MR) is 83.8 cm³/mol. The second-order valence-electron chi connectivity index (χ2n) is 4.87. The fraction of sp³-hybridized carbons (Fsp3) is 0.294. The van der Waals surface area contributed by atoms with Crippen LogP contribution in [0.15, 0.2) is 34.7 Å². The van der Waals surface area contributed by atoms with Crippen LogP contribution >= 0.6 is 0 Å². The quantitative estimate of drug-likeness (QED) is 0.819. The Balaban J connectivity index is 2.05. The summed E-state index contributed by atoms with van der Waals surface area (Å²) in [6.45, 7) is 4.53. The molecule has 2 N–H and O–H groups in total. The van der Waals surface area contributed by atoms with Gasteiger partial charge in [0, 0.05) is 19.0 Å². The molecule has 0 unspecified atom stereocenters. The highest BCUT2D eigenvalue weighted by Gasteiger charge is 2.19. The summed E-state index contributed by atoms with van der Waals surface area (Å²) in [4.78, 5) is 23.2. The van der Waals surface area contributed by atoms with Crippen molar-refractivity contribution < 1.29 is 23.8 Å². The van der Waals surface area contributed by atoms with Crippen LogP contribution in [0.5, 0.6) is 5.75 Å². The third-order valence-electron chi connectivity index (χ3n) is 3.25. The Kier molecular flexibility index (Phi) is 5.41. The van der Waals surface area contributed by atoms with Gasteiger partial charge in [-0.3, -0.25) is 4.79 Å². The average Bonchev–Trinajstić information content (AvgIpc) is 2.98. The van der Waals surface area contributed by atoms with Crippen LogP contribution in [0.2, 0.25) is 0 Å². The van der Waals surface area contributed by atoms with Gasteiger partial charge in [0.1, 0.15) is 17.1 Å². The minimum Gasteiger partial charge on any atom is -0.494 e. The molecule has 0 aliphatic rings. The van der Waals surface area contributed by atoms with Crippen LogP contribution in [-0.2, 0) is 13.0 Å². The molecule has 0 spiro atoms. The summed E-state index contributed by atoms with van der Waals surface area (Å²) in [7, 11) is 0. The summed E-state index contributed by atoms with van der Waals surface area (Å²) in [5.74, 6) is -0.525. The number of carbonyl (C=O) groups excluding carboxylic acids is 1. The molecule has 0 atom stereocenters. The molecule has 0 saturated carbocycles. The first-order valence-corrected chi connectivity index (χ1v) is 7.41. The van der Waals surface area contributed by atoms with E-state index < -0.39 is 11.9 Å². The van der Waals surface area contributed by atoms with Crippen molar-refractivity contribution in [3.8, 4) is 5.75 Å². The topological polar surface area (TPSA) is 88.8 Å². The Morgan fingerprint density at radius 2 is 2.04 bits per heavy atom. The largest absolute Gasteiger partial charge is 0.494 e. The average molecular weight is 317 g/mol. The van der Waals surface area contributed by atoms with Crippen LogP contribution in [0.4, 0.5) is 0 Å². The molecular formula is C17H19NO5. The summed E-state index contributed by atoms with van der Waals surface area (Å²) < 4.78 is 10.7. The number of hydrogen-bond donors (Lipinski definition) is 2. The maximum Gasteiger partial charge on any atom is 0.339 e. The maximum absolute atomic E-state index is 12.1. The van der Waals surface area contributed by atoms with Crippen molar-refractivity contribution in [1.29, 1.82) is 0 Å². The van der Waals surface area contributed by atoms with Gasteiger partial charge in [-0.1, -0.05) is 19.1 Å². The molecule has 0 radical (unpaired) electrons. The molecule has 0 bridgehead atoms. The highest BCUT2D eigenvalue weighted by molar-refractivity contribution is 5.96. The number of carboxylic acids is 1. The van der Waals surface area contributed by atoms with Crippen molar-refractivity contribution in [1.82, 2.24) is 5.32 Å². The molecule has 0 aliphatic carbocycles. The first-order chi connectivity index (χ1) is 11.0. The second-order valence-corrected chi connectivity index (χ2v) is 4.87. The van der Waals surface area contributed by atoms with E-state index in [9.17, 15) is 9.59 Å². The lowest BCUT2D eigenvalue weighted by Crippen LogP contribution is -2.22. The molecule has 1 aromatic carbocycles. The first-order valence-electron chi connectivity index (χ1n) is 7.41. The molecule has 2 aromatic rings. The van der Waals surface area contributed by atoms with Gasteiger partial charge in [0.25, 0.3) is 5.91 Å². The second kappa shape index (κ2) is 7.49. The zero-order chi connectivity index (χ0) is 16.8. The molecule has 6 heteroatoms. The molecule has 2 rings (SSSR count). The minimum absolute atomic E-state index is 0.000197. The van der Waals surface area contributed by atoms with E-state index in [1.807, 2.05) is 31.2 Å². The van der Waals surface area contributed by atoms with Crippen LogP contribution < -0.4 is 10.1 Å². The Bertz CT molecular complexity index is 705. The van der Waals surface area contributed by atoms with Crippen LogP contribution in [0.3, 0.4) is 0 Å². The van der Waals surface area contributed by atoms with E-state index in [0.717, 1.165) is 11.3 Å². The number of ether oxygens (including phenoxy) is 1. The lowest BCUT2D eigenvalue weighted by molar-refractivity contribution is 0.0694. The fourth-order valence-electron chi connectivity index (χ4n) is 2.17. The number of furan rings is 1. The number of hydrogen-bond acceptors (Lipinski definition) is 4. The number of rotatable bonds is 7. The number of aryl methyl sites for hydroxylation is 1. The monoisotopic (exact) mass is 317 g/mol. The van der Waals surface area contributed by atoms with E-state index in [0.29, 0.717) is 25.3 Å². The standard InChI is InChI=1S/C17H19NO5/c1-3-14-13(17(20)21)9-15(23-14)16(19)18-10-11-6-5-7-12(8-11)22-4-2/h5-9H,3-4,10H2,1-2H3,(H,18,19)(H,20,21). The smallest absolute Gasteiger partial charge is 0.339 e. The summed E-state index contributed by atoms with van der Waals surface area (Å²) >= 11 is 0. The Hall–Kier alpha value is -2.76. The van der Waals surface area contributed by atoms with Gasteiger partial charge in [-0.2, -0.15) is 0 Å². The van der Waals surface area contributed by atoms with E-state index in [-0.39, 0.29) is 11.3 Å². The lowest BCUT2D eigenvalue weighted by atomic mass is 10.2. The van der Waals surface area contributed by atoms with Gasteiger partial charge in [0.05, 0.1) is 6.61 Å². The van der Waals surface area contributed by atoms with Crippen molar-refractivity contribution in [3.05, 3.63) is 53.0 Å². The Labute approximate surface area is 134 Å². The maximum atomic E-state index is 12.1. The van der Waals surface area contributed by atoms with Gasteiger partial charge < -0.3 is 19.6 Å². The summed E-state index contributed by atoms with van der Waals surface area (Å²) in [6, 6.07) is 8.65. The number of nitrogens with one attached hydrogen (secondary N) is 1. The van der Waals surface area contributed by atoms with Crippen LogP contribution in [0.1, 0.15) is 46.1 Å².